The van der Waals surface area contributed by atoms with Crippen LogP contribution in [-0.2, 0) is 9.78 Å². The van der Waals surface area contributed by atoms with Crippen molar-refractivity contribution in [1.29, 1.82) is 0 Å². The number of nitrogens with one attached hydrogen (secondary N) is 1. The topological polar surface area (TPSA) is 30.5 Å². The monoisotopic (exact) mass is 229 g/mol. The van der Waals surface area contributed by atoms with E-state index in [0.717, 1.165) is 6.07 Å². The van der Waals surface area contributed by atoms with E-state index in [0.29, 0.717) is 11.3 Å². The van der Waals surface area contributed by atoms with E-state index >= 15 is 0 Å². The first kappa shape index (κ1) is 12.6. The van der Waals surface area contributed by atoms with Crippen molar-refractivity contribution >= 4 is 6.08 Å². The molecular formula is C11H13F2NO2. The van der Waals surface area contributed by atoms with Gasteiger partial charge < -0.3 is 5.32 Å². The third-order valence-corrected chi connectivity index (χ3v) is 1.88. The lowest BCUT2D eigenvalue weighted by Crippen LogP contribution is -2.11. The number of rotatable bonds is 5. The van der Waals surface area contributed by atoms with Crippen LogP contribution in [0, 0.1) is 11.6 Å². The average Bonchev–Trinajstić information content (AvgIpc) is 2.22. The summed E-state index contributed by atoms with van der Waals surface area (Å²) < 4.78 is 25.8. The van der Waals surface area contributed by atoms with Crippen LogP contribution in [-0.4, -0.2) is 20.8 Å². The molecular weight excluding hydrogens is 216 g/mol. The first-order valence-electron chi connectivity index (χ1n) is 4.65. The van der Waals surface area contributed by atoms with Gasteiger partial charge in [0.05, 0.1) is 7.11 Å². The number of benzene rings is 1. The molecule has 0 radical (unpaired) electrons. The molecule has 1 rings (SSSR count). The van der Waals surface area contributed by atoms with E-state index in [9.17, 15) is 8.78 Å². The molecule has 1 aromatic carbocycles. The highest BCUT2D eigenvalue weighted by Crippen LogP contribution is 2.11. The molecule has 1 N–H and O–H groups in total. The summed E-state index contributed by atoms with van der Waals surface area (Å²) in [7, 11) is 3.07. The van der Waals surface area contributed by atoms with E-state index in [1.165, 1.54) is 19.2 Å². The van der Waals surface area contributed by atoms with Crippen LogP contribution < -0.4 is 5.32 Å². The Bertz CT molecular complexity index is 360. The molecule has 88 valence electrons. The van der Waals surface area contributed by atoms with Gasteiger partial charge in [-0.15, -0.1) is 0 Å². The summed E-state index contributed by atoms with van der Waals surface area (Å²) in [5.41, 5.74) is 1.06. The largest absolute Gasteiger partial charge is 0.389 e. The molecule has 0 heterocycles. The van der Waals surface area contributed by atoms with Gasteiger partial charge >= 0.3 is 0 Å². The minimum atomic E-state index is -0.616. The van der Waals surface area contributed by atoms with E-state index in [1.54, 1.807) is 13.1 Å². The maximum absolute atomic E-state index is 12.9. The Labute approximate surface area is 92.6 Å². The van der Waals surface area contributed by atoms with Crippen molar-refractivity contribution in [1.82, 2.24) is 5.32 Å². The molecule has 5 heteroatoms. The second-order valence-corrected chi connectivity index (χ2v) is 3.05. The van der Waals surface area contributed by atoms with E-state index in [2.05, 4.69) is 10.2 Å². The molecule has 1 aromatic rings. The van der Waals surface area contributed by atoms with Crippen molar-refractivity contribution in [2.75, 3.05) is 20.8 Å². The summed E-state index contributed by atoms with van der Waals surface area (Å²) in [4.78, 5) is 9.13. The van der Waals surface area contributed by atoms with Gasteiger partial charge in [0.15, 0.2) is 0 Å². The van der Waals surface area contributed by atoms with Gasteiger partial charge in [0.1, 0.15) is 18.2 Å². The maximum Gasteiger partial charge on any atom is 0.126 e. The average molecular weight is 229 g/mol. The second kappa shape index (κ2) is 6.19. The lowest BCUT2D eigenvalue weighted by molar-refractivity contribution is -0.265. The molecule has 3 nitrogen and oxygen atoms in total. The molecule has 0 spiro atoms. The number of hydrogen-bond donors (Lipinski definition) is 1. The van der Waals surface area contributed by atoms with Crippen LogP contribution in [0.5, 0.6) is 0 Å². The SMILES string of the molecule is CN/C(=C\c1cc(F)cc(F)c1)COOC. The molecule has 0 saturated carbocycles. The summed E-state index contributed by atoms with van der Waals surface area (Å²) in [5.74, 6) is -1.23. The van der Waals surface area contributed by atoms with Crippen LogP contribution in [0.3, 0.4) is 0 Å². The number of halogens is 2. The third kappa shape index (κ3) is 3.96. The van der Waals surface area contributed by atoms with Gasteiger partial charge in [-0.2, -0.15) is 0 Å². The maximum atomic E-state index is 12.9. The lowest BCUT2D eigenvalue weighted by Gasteiger charge is -2.06. The van der Waals surface area contributed by atoms with Crippen LogP contribution in [0.25, 0.3) is 6.08 Å². The van der Waals surface area contributed by atoms with Crippen molar-refractivity contribution in [3.8, 4) is 0 Å². The molecule has 0 aliphatic carbocycles. The number of likely N-dealkylation sites (N-methyl/N-ethyl adjacent to an activating group) is 1. The lowest BCUT2D eigenvalue weighted by atomic mass is 10.2. The molecule has 0 aliphatic heterocycles. The Morgan fingerprint density at radius 1 is 1.31 bits per heavy atom. The standard InChI is InChI=1S/C11H13F2NO2/c1-14-11(7-16-15-2)5-8-3-9(12)6-10(13)4-8/h3-6,14H,7H2,1-2H3/b11-5-. The molecule has 0 amide bonds. The Balaban J connectivity index is 2.85. The molecule has 16 heavy (non-hydrogen) atoms. The normalized spacial score (nSPS) is 11.6. The Hall–Kier alpha value is -1.46. The van der Waals surface area contributed by atoms with E-state index in [-0.39, 0.29) is 6.61 Å². The first-order chi connectivity index (χ1) is 7.65. The predicted molar refractivity (Wildman–Crippen MR) is 56.4 cm³/mol. The Kier molecular flexibility index (Phi) is 4.88. The zero-order valence-corrected chi connectivity index (χ0v) is 9.09. The van der Waals surface area contributed by atoms with E-state index in [1.807, 2.05) is 0 Å². The van der Waals surface area contributed by atoms with Crippen molar-refractivity contribution in [2.45, 2.75) is 0 Å². The summed E-state index contributed by atoms with van der Waals surface area (Å²) in [6.45, 7) is 0.172. The molecule has 0 atom stereocenters. The summed E-state index contributed by atoms with van der Waals surface area (Å²) in [6.07, 6.45) is 1.57. The smallest absolute Gasteiger partial charge is 0.126 e. The molecule has 0 unspecified atom stereocenters. The highest BCUT2D eigenvalue weighted by molar-refractivity contribution is 5.52. The van der Waals surface area contributed by atoms with E-state index < -0.39 is 11.6 Å². The van der Waals surface area contributed by atoms with Crippen molar-refractivity contribution in [3.05, 3.63) is 41.1 Å². The van der Waals surface area contributed by atoms with Crippen LogP contribution in [0.1, 0.15) is 5.56 Å². The predicted octanol–water partition coefficient (Wildman–Crippen LogP) is 2.10. The fraction of sp³-hybridized carbons (Fsp3) is 0.273. The Morgan fingerprint density at radius 2 is 1.94 bits per heavy atom. The zero-order chi connectivity index (χ0) is 12.0. The van der Waals surface area contributed by atoms with Crippen LogP contribution >= 0.6 is 0 Å². The van der Waals surface area contributed by atoms with Crippen LogP contribution in [0.2, 0.25) is 0 Å². The van der Waals surface area contributed by atoms with Gasteiger partial charge in [0.25, 0.3) is 0 Å². The first-order valence-corrected chi connectivity index (χ1v) is 4.65. The highest BCUT2D eigenvalue weighted by atomic mass is 19.1. The summed E-state index contributed by atoms with van der Waals surface area (Å²) >= 11 is 0. The van der Waals surface area contributed by atoms with E-state index in [4.69, 9.17) is 4.89 Å². The minimum Gasteiger partial charge on any atom is -0.389 e. The van der Waals surface area contributed by atoms with Crippen molar-refractivity contribution in [2.24, 2.45) is 0 Å². The van der Waals surface area contributed by atoms with Crippen LogP contribution in [0.4, 0.5) is 8.78 Å². The fourth-order valence-corrected chi connectivity index (χ4v) is 1.17. The quantitative estimate of drug-likeness (QED) is 0.619. The van der Waals surface area contributed by atoms with Crippen molar-refractivity contribution in [3.63, 3.8) is 0 Å². The van der Waals surface area contributed by atoms with Crippen molar-refractivity contribution < 1.29 is 18.6 Å². The summed E-state index contributed by atoms with van der Waals surface area (Å²) in [5, 5.41) is 2.84. The summed E-state index contributed by atoms with van der Waals surface area (Å²) in [6, 6.07) is 3.28. The van der Waals surface area contributed by atoms with Crippen LogP contribution in [0.15, 0.2) is 23.9 Å². The van der Waals surface area contributed by atoms with Gasteiger partial charge in [0, 0.05) is 18.8 Å². The minimum absolute atomic E-state index is 0.172. The second-order valence-electron chi connectivity index (χ2n) is 3.05. The molecule has 0 aromatic heterocycles. The molecule has 0 saturated heterocycles. The molecule has 0 bridgehead atoms. The van der Waals surface area contributed by atoms with Gasteiger partial charge in [-0.25, -0.2) is 18.6 Å². The number of hydrogen-bond acceptors (Lipinski definition) is 3. The fourth-order valence-electron chi connectivity index (χ4n) is 1.17. The molecule has 0 fully saturated rings. The third-order valence-electron chi connectivity index (χ3n) is 1.88. The zero-order valence-electron chi connectivity index (χ0n) is 9.09. The highest BCUT2D eigenvalue weighted by Gasteiger charge is 2.00. The van der Waals surface area contributed by atoms with Gasteiger partial charge in [-0.3, -0.25) is 0 Å². The van der Waals surface area contributed by atoms with Gasteiger partial charge in [-0.05, 0) is 23.8 Å². The molecule has 0 aliphatic rings. The van der Waals surface area contributed by atoms with Gasteiger partial charge in [0.2, 0.25) is 0 Å². The Morgan fingerprint density at radius 3 is 2.44 bits per heavy atom. The van der Waals surface area contributed by atoms with Gasteiger partial charge in [-0.1, -0.05) is 0 Å².